The summed E-state index contributed by atoms with van der Waals surface area (Å²) in [5.41, 5.74) is 0. The molecule has 1 N–H and O–H groups in total. The first-order chi connectivity index (χ1) is 7.09. The average molecular weight is 214 g/mol. The first kappa shape index (κ1) is 12.0. The number of rotatable bonds is 5. The van der Waals surface area contributed by atoms with E-state index in [1.54, 1.807) is 11.9 Å². The fourth-order valence-electron chi connectivity index (χ4n) is 1.66. The van der Waals surface area contributed by atoms with Gasteiger partial charge < -0.3 is 10.0 Å². The molecule has 1 aliphatic heterocycles. The minimum absolute atomic E-state index is 0.0871. The number of likely N-dealkylation sites (tertiary alicyclic amines) is 1. The third kappa shape index (κ3) is 4.29. The highest BCUT2D eigenvalue weighted by Crippen LogP contribution is 2.07. The van der Waals surface area contributed by atoms with E-state index in [9.17, 15) is 9.59 Å². The Morgan fingerprint density at radius 3 is 2.47 bits per heavy atom. The lowest BCUT2D eigenvalue weighted by atomic mass is 10.4. The molecule has 86 valence electrons. The molecular weight excluding hydrogens is 196 g/mol. The average Bonchev–Trinajstić information content (AvgIpc) is 2.67. The van der Waals surface area contributed by atoms with Gasteiger partial charge in [0, 0.05) is 19.6 Å². The van der Waals surface area contributed by atoms with Gasteiger partial charge in [0.1, 0.15) is 0 Å². The quantitative estimate of drug-likeness (QED) is 0.700. The monoisotopic (exact) mass is 214 g/mol. The Kier molecular flexibility index (Phi) is 4.55. The highest BCUT2D eigenvalue weighted by Gasteiger charge is 2.18. The number of hydrogen-bond acceptors (Lipinski definition) is 3. The molecule has 1 rings (SSSR count). The summed E-state index contributed by atoms with van der Waals surface area (Å²) in [6.45, 7) is 2.46. The minimum Gasteiger partial charge on any atom is -0.481 e. The predicted octanol–water partition coefficient (Wildman–Crippen LogP) is 0.0153. The van der Waals surface area contributed by atoms with E-state index in [1.165, 1.54) is 0 Å². The van der Waals surface area contributed by atoms with Crippen LogP contribution in [-0.2, 0) is 9.59 Å². The minimum atomic E-state index is -0.824. The number of likely N-dealkylation sites (N-methyl/N-ethyl adjacent to an activating group) is 1. The van der Waals surface area contributed by atoms with E-state index in [4.69, 9.17) is 5.11 Å². The van der Waals surface area contributed by atoms with E-state index >= 15 is 0 Å². The Hall–Kier alpha value is -1.10. The molecule has 0 saturated carbocycles. The van der Waals surface area contributed by atoms with Gasteiger partial charge in [-0.05, 0) is 19.9 Å². The van der Waals surface area contributed by atoms with E-state index in [0.29, 0.717) is 13.1 Å². The highest BCUT2D eigenvalue weighted by atomic mass is 16.4. The van der Waals surface area contributed by atoms with Crippen LogP contribution in [-0.4, -0.2) is 60.0 Å². The van der Waals surface area contributed by atoms with Gasteiger partial charge in [0.2, 0.25) is 5.91 Å². The van der Waals surface area contributed by atoms with Crippen molar-refractivity contribution in [2.45, 2.75) is 19.3 Å². The van der Waals surface area contributed by atoms with Gasteiger partial charge in [0.05, 0.1) is 13.0 Å². The molecule has 0 spiro atoms. The molecule has 0 atom stereocenters. The molecule has 1 fully saturated rings. The lowest BCUT2D eigenvalue weighted by molar-refractivity contribution is -0.138. The van der Waals surface area contributed by atoms with Crippen LogP contribution in [0.25, 0.3) is 0 Å². The topological polar surface area (TPSA) is 60.9 Å². The van der Waals surface area contributed by atoms with E-state index in [-0.39, 0.29) is 12.3 Å². The number of carboxylic acids is 1. The largest absolute Gasteiger partial charge is 0.481 e. The van der Waals surface area contributed by atoms with Crippen LogP contribution >= 0.6 is 0 Å². The molecule has 0 unspecified atom stereocenters. The Balaban J connectivity index is 2.21. The summed E-state index contributed by atoms with van der Waals surface area (Å²) in [7, 11) is 1.77. The molecular formula is C10H18N2O3. The molecule has 15 heavy (non-hydrogen) atoms. The van der Waals surface area contributed by atoms with Crippen molar-refractivity contribution in [2.24, 2.45) is 0 Å². The summed E-state index contributed by atoms with van der Waals surface area (Å²) >= 11 is 0. The Morgan fingerprint density at radius 2 is 1.93 bits per heavy atom. The van der Waals surface area contributed by atoms with Crippen LogP contribution in [0, 0.1) is 0 Å². The fraction of sp³-hybridized carbons (Fsp3) is 0.800. The van der Waals surface area contributed by atoms with E-state index in [2.05, 4.69) is 0 Å². The van der Waals surface area contributed by atoms with Gasteiger partial charge in [0.25, 0.3) is 0 Å². The van der Waals surface area contributed by atoms with Crippen molar-refractivity contribution in [1.29, 1.82) is 0 Å². The fourth-order valence-corrected chi connectivity index (χ4v) is 1.66. The third-order valence-electron chi connectivity index (χ3n) is 2.57. The maximum Gasteiger partial charge on any atom is 0.304 e. The zero-order valence-electron chi connectivity index (χ0n) is 9.11. The van der Waals surface area contributed by atoms with Crippen molar-refractivity contribution in [1.82, 2.24) is 9.80 Å². The van der Waals surface area contributed by atoms with Crippen LogP contribution in [0.2, 0.25) is 0 Å². The summed E-state index contributed by atoms with van der Waals surface area (Å²) < 4.78 is 0. The normalized spacial score (nSPS) is 16.0. The number of nitrogens with zero attached hydrogens (tertiary/aromatic N) is 2. The maximum absolute atomic E-state index is 11.6. The van der Waals surface area contributed by atoms with Crippen molar-refractivity contribution in [3.8, 4) is 0 Å². The number of carbonyl (C=O) groups excluding carboxylic acids is 1. The predicted molar refractivity (Wildman–Crippen MR) is 55.6 cm³/mol. The number of carbonyl (C=O) groups is 2. The van der Waals surface area contributed by atoms with E-state index < -0.39 is 5.97 Å². The molecule has 1 heterocycles. The maximum atomic E-state index is 11.6. The summed E-state index contributed by atoms with van der Waals surface area (Å²) in [6, 6.07) is 0. The molecule has 5 nitrogen and oxygen atoms in total. The zero-order chi connectivity index (χ0) is 11.3. The Labute approximate surface area is 89.7 Å². The number of carboxylic acid groups (broad SMARTS) is 1. The lowest BCUT2D eigenvalue weighted by Gasteiger charge is -2.20. The summed E-state index contributed by atoms with van der Waals surface area (Å²) in [4.78, 5) is 25.6. The third-order valence-corrected chi connectivity index (χ3v) is 2.57. The molecule has 0 aromatic carbocycles. The molecule has 0 aliphatic carbocycles. The molecule has 0 radical (unpaired) electrons. The van der Waals surface area contributed by atoms with Crippen LogP contribution in [0.5, 0.6) is 0 Å². The molecule has 0 bridgehead atoms. The second-order valence-corrected chi connectivity index (χ2v) is 3.97. The van der Waals surface area contributed by atoms with Gasteiger partial charge in [-0.15, -0.1) is 0 Å². The van der Waals surface area contributed by atoms with E-state index in [1.807, 2.05) is 4.90 Å². The van der Waals surface area contributed by atoms with Gasteiger partial charge in [-0.2, -0.15) is 0 Å². The second kappa shape index (κ2) is 5.70. The van der Waals surface area contributed by atoms with Crippen molar-refractivity contribution in [2.75, 3.05) is 33.2 Å². The highest BCUT2D eigenvalue weighted by molar-refractivity contribution is 5.78. The van der Waals surface area contributed by atoms with Gasteiger partial charge in [-0.3, -0.25) is 14.5 Å². The molecule has 1 aliphatic rings. The van der Waals surface area contributed by atoms with E-state index in [0.717, 1.165) is 25.9 Å². The van der Waals surface area contributed by atoms with Crippen LogP contribution < -0.4 is 0 Å². The van der Waals surface area contributed by atoms with Crippen molar-refractivity contribution in [3.63, 3.8) is 0 Å². The lowest BCUT2D eigenvalue weighted by Crippen LogP contribution is -2.37. The van der Waals surface area contributed by atoms with Crippen LogP contribution in [0.1, 0.15) is 19.3 Å². The molecule has 5 heteroatoms. The Bertz CT molecular complexity index is 237. The number of aliphatic carboxylic acids is 1. The summed E-state index contributed by atoms with van der Waals surface area (Å²) in [5, 5.41) is 8.49. The summed E-state index contributed by atoms with van der Waals surface area (Å²) in [6.07, 6.45) is 2.26. The number of amides is 1. The van der Waals surface area contributed by atoms with Gasteiger partial charge in [-0.1, -0.05) is 0 Å². The van der Waals surface area contributed by atoms with Crippen LogP contribution in [0.15, 0.2) is 0 Å². The van der Waals surface area contributed by atoms with Crippen LogP contribution in [0.4, 0.5) is 0 Å². The van der Waals surface area contributed by atoms with Gasteiger partial charge >= 0.3 is 5.97 Å². The van der Waals surface area contributed by atoms with Crippen molar-refractivity contribution in [3.05, 3.63) is 0 Å². The first-order valence-electron chi connectivity index (χ1n) is 5.27. The van der Waals surface area contributed by atoms with Crippen LogP contribution in [0.3, 0.4) is 0 Å². The molecule has 1 saturated heterocycles. The second-order valence-electron chi connectivity index (χ2n) is 3.97. The first-order valence-corrected chi connectivity index (χ1v) is 5.27. The van der Waals surface area contributed by atoms with Crippen molar-refractivity contribution >= 4 is 11.9 Å². The zero-order valence-corrected chi connectivity index (χ0v) is 9.11. The smallest absolute Gasteiger partial charge is 0.304 e. The van der Waals surface area contributed by atoms with Gasteiger partial charge in [-0.25, -0.2) is 0 Å². The standard InChI is InChI=1S/C10H18N2O3/c1-11(7-4-10(14)15)8-9(13)12-5-2-3-6-12/h2-8H2,1H3,(H,14,15). The SMILES string of the molecule is CN(CCC(=O)O)CC(=O)N1CCCC1. The number of hydrogen-bond donors (Lipinski definition) is 1. The van der Waals surface area contributed by atoms with Crippen molar-refractivity contribution < 1.29 is 14.7 Å². The Morgan fingerprint density at radius 1 is 1.33 bits per heavy atom. The molecule has 1 amide bonds. The molecule has 0 aromatic heterocycles. The summed E-state index contributed by atoms with van der Waals surface area (Å²) in [5.74, 6) is -0.712. The van der Waals surface area contributed by atoms with Gasteiger partial charge in [0.15, 0.2) is 0 Å². The molecule has 0 aromatic rings.